The van der Waals surface area contributed by atoms with Gasteiger partial charge >= 0.3 is 0 Å². The van der Waals surface area contributed by atoms with Gasteiger partial charge in [-0.25, -0.2) is 0 Å². The number of ether oxygens (including phenoxy) is 1. The maximum Gasteiger partial charge on any atom is 0.225 e. The average molecular weight is 242 g/mol. The van der Waals surface area contributed by atoms with Crippen molar-refractivity contribution in [3.8, 4) is 0 Å². The molecular formula is C13H26N2O2. The van der Waals surface area contributed by atoms with Crippen molar-refractivity contribution < 1.29 is 9.53 Å². The standard InChI is InChI=1S/C13H26N2O2/c1-13(2,17-3)10-12(16)15(9-5-8-14)11-6-4-7-11/h11H,4-10,14H2,1-3H3. The van der Waals surface area contributed by atoms with E-state index in [9.17, 15) is 4.79 Å². The minimum Gasteiger partial charge on any atom is -0.378 e. The first-order valence-corrected chi connectivity index (χ1v) is 6.55. The van der Waals surface area contributed by atoms with Crippen LogP contribution in [0.4, 0.5) is 0 Å². The van der Waals surface area contributed by atoms with Crippen molar-refractivity contribution in [2.75, 3.05) is 20.2 Å². The molecule has 0 unspecified atom stereocenters. The van der Waals surface area contributed by atoms with Crippen LogP contribution in [0.3, 0.4) is 0 Å². The zero-order valence-electron chi connectivity index (χ0n) is 11.4. The Labute approximate surface area is 104 Å². The summed E-state index contributed by atoms with van der Waals surface area (Å²) in [6, 6.07) is 0.446. The van der Waals surface area contributed by atoms with E-state index in [4.69, 9.17) is 10.5 Å². The molecule has 0 bridgehead atoms. The number of amides is 1. The Bertz CT molecular complexity index is 250. The van der Waals surface area contributed by atoms with Crippen LogP contribution >= 0.6 is 0 Å². The van der Waals surface area contributed by atoms with E-state index in [-0.39, 0.29) is 11.5 Å². The predicted octanol–water partition coefficient (Wildman–Crippen LogP) is 1.53. The summed E-state index contributed by atoms with van der Waals surface area (Å²) < 4.78 is 5.32. The number of nitrogens with two attached hydrogens (primary N) is 1. The van der Waals surface area contributed by atoms with Gasteiger partial charge in [-0.05, 0) is 46.1 Å². The molecule has 4 nitrogen and oxygen atoms in total. The maximum atomic E-state index is 12.3. The van der Waals surface area contributed by atoms with E-state index < -0.39 is 0 Å². The van der Waals surface area contributed by atoms with Crippen LogP contribution in [0.2, 0.25) is 0 Å². The minimum absolute atomic E-state index is 0.204. The Kier molecular flexibility index (Phi) is 5.40. The van der Waals surface area contributed by atoms with Crippen molar-refractivity contribution in [2.45, 2.75) is 57.6 Å². The first-order valence-electron chi connectivity index (χ1n) is 6.55. The van der Waals surface area contributed by atoms with Crippen molar-refractivity contribution in [3.05, 3.63) is 0 Å². The van der Waals surface area contributed by atoms with E-state index in [0.29, 0.717) is 19.0 Å². The summed E-state index contributed by atoms with van der Waals surface area (Å²) in [4.78, 5) is 14.3. The molecule has 0 aromatic carbocycles. The van der Waals surface area contributed by atoms with Gasteiger partial charge in [0.1, 0.15) is 0 Å². The molecule has 100 valence electrons. The molecular weight excluding hydrogens is 216 g/mol. The van der Waals surface area contributed by atoms with E-state index in [0.717, 1.165) is 25.8 Å². The quantitative estimate of drug-likeness (QED) is 0.736. The Hall–Kier alpha value is -0.610. The molecule has 1 aliphatic carbocycles. The van der Waals surface area contributed by atoms with Gasteiger partial charge in [0, 0.05) is 19.7 Å². The van der Waals surface area contributed by atoms with Gasteiger partial charge < -0.3 is 15.4 Å². The molecule has 0 atom stereocenters. The Morgan fingerprint density at radius 2 is 2.12 bits per heavy atom. The molecule has 1 amide bonds. The van der Waals surface area contributed by atoms with E-state index in [1.807, 2.05) is 18.7 Å². The Balaban J connectivity index is 2.52. The van der Waals surface area contributed by atoms with Crippen LogP contribution in [0.5, 0.6) is 0 Å². The lowest BCUT2D eigenvalue weighted by molar-refractivity contribution is -0.140. The zero-order chi connectivity index (χ0) is 12.9. The van der Waals surface area contributed by atoms with Crippen LogP contribution in [0.1, 0.15) is 46.0 Å². The molecule has 0 aromatic heterocycles. The highest BCUT2D eigenvalue weighted by atomic mass is 16.5. The molecule has 4 heteroatoms. The van der Waals surface area contributed by atoms with Gasteiger partial charge in [0.05, 0.1) is 12.0 Å². The second kappa shape index (κ2) is 6.36. The fourth-order valence-electron chi connectivity index (χ4n) is 2.01. The van der Waals surface area contributed by atoms with Crippen molar-refractivity contribution in [2.24, 2.45) is 5.73 Å². The van der Waals surface area contributed by atoms with Crippen LogP contribution < -0.4 is 5.73 Å². The summed E-state index contributed by atoms with van der Waals surface area (Å²) in [7, 11) is 1.65. The molecule has 1 saturated carbocycles. The minimum atomic E-state index is -0.373. The smallest absolute Gasteiger partial charge is 0.225 e. The highest BCUT2D eigenvalue weighted by Gasteiger charge is 2.31. The monoisotopic (exact) mass is 242 g/mol. The molecule has 0 aromatic rings. The highest BCUT2D eigenvalue weighted by molar-refractivity contribution is 5.77. The number of carbonyl (C=O) groups excluding carboxylic acids is 1. The number of nitrogens with zero attached hydrogens (tertiary/aromatic N) is 1. The van der Waals surface area contributed by atoms with E-state index >= 15 is 0 Å². The SMILES string of the molecule is COC(C)(C)CC(=O)N(CCCN)C1CCC1. The van der Waals surface area contributed by atoms with Gasteiger partial charge in [0.15, 0.2) is 0 Å². The fourth-order valence-corrected chi connectivity index (χ4v) is 2.01. The van der Waals surface area contributed by atoms with Gasteiger partial charge in [0.2, 0.25) is 5.91 Å². The molecule has 0 spiro atoms. The third-order valence-corrected chi connectivity index (χ3v) is 3.57. The summed E-state index contributed by atoms with van der Waals surface area (Å²) in [6.07, 6.45) is 4.86. The Morgan fingerprint density at radius 3 is 2.53 bits per heavy atom. The molecule has 0 saturated heterocycles. The third kappa shape index (κ3) is 4.28. The molecule has 17 heavy (non-hydrogen) atoms. The maximum absolute atomic E-state index is 12.3. The van der Waals surface area contributed by atoms with Crippen LogP contribution in [0.15, 0.2) is 0 Å². The Morgan fingerprint density at radius 1 is 1.47 bits per heavy atom. The summed E-state index contributed by atoms with van der Waals surface area (Å²) >= 11 is 0. The molecule has 0 aliphatic heterocycles. The molecule has 0 radical (unpaired) electrons. The first kappa shape index (κ1) is 14.5. The van der Waals surface area contributed by atoms with Crippen LogP contribution in [0.25, 0.3) is 0 Å². The first-order chi connectivity index (χ1) is 8.00. The highest BCUT2D eigenvalue weighted by Crippen LogP contribution is 2.27. The van der Waals surface area contributed by atoms with E-state index in [1.165, 1.54) is 6.42 Å². The van der Waals surface area contributed by atoms with Crippen molar-refractivity contribution >= 4 is 5.91 Å². The van der Waals surface area contributed by atoms with Gasteiger partial charge in [0.25, 0.3) is 0 Å². The molecule has 1 rings (SSSR count). The molecule has 2 N–H and O–H groups in total. The predicted molar refractivity (Wildman–Crippen MR) is 68.7 cm³/mol. The summed E-state index contributed by atoms with van der Waals surface area (Å²) in [5.41, 5.74) is 5.15. The number of methoxy groups -OCH3 is 1. The van der Waals surface area contributed by atoms with Crippen molar-refractivity contribution in [1.29, 1.82) is 0 Å². The van der Waals surface area contributed by atoms with E-state index in [2.05, 4.69) is 0 Å². The molecule has 1 fully saturated rings. The van der Waals surface area contributed by atoms with Crippen molar-refractivity contribution in [3.63, 3.8) is 0 Å². The normalized spacial score (nSPS) is 16.7. The van der Waals surface area contributed by atoms with E-state index in [1.54, 1.807) is 7.11 Å². The van der Waals surface area contributed by atoms with Crippen LogP contribution in [-0.4, -0.2) is 42.6 Å². The topological polar surface area (TPSA) is 55.6 Å². The van der Waals surface area contributed by atoms with Gasteiger partial charge in [-0.3, -0.25) is 4.79 Å². The van der Waals surface area contributed by atoms with Crippen LogP contribution in [-0.2, 0) is 9.53 Å². The lowest BCUT2D eigenvalue weighted by atomic mass is 9.90. The van der Waals surface area contributed by atoms with Crippen LogP contribution in [0, 0.1) is 0 Å². The third-order valence-electron chi connectivity index (χ3n) is 3.57. The zero-order valence-corrected chi connectivity index (χ0v) is 11.4. The summed E-state index contributed by atoms with van der Waals surface area (Å²) in [6.45, 7) is 5.34. The van der Waals surface area contributed by atoms with Gasteiger partial charge in [-0.2, -0.15) is 0 Å². The largest absolute Gasteiger partial charge is 0.378 e. The summed E-state index contributed by atoms with van der Waals surface area (Å²) in [5.74, 6) is 0.204. The lowest BCUT2D eigenvalue weighted by Crippen LogP contribution is -2.47. The number of rotatable bonds is 7. The lowest BCUT2D eigenvalue weighted by Gasteiger charge is -2.39. The van der Waals surface area contributed by atoms with Gasteiger partial charge in [-0.1, -0.05) is 0 Å². The number of carbonyl (C=O) groups is 1. The van der Waals surface area contributed by atoms with Gasteiger partial charge in [-0.15, -0.1) is 0 Å². The fraction of sp³-hybridized carbons (Fsp3) is 0.923. The average Bonchev–Trinajstić information content (AvgIpc) is 2.20. The second-order valence-electron chi connectivity index (χ2n) is 5.45. The molecule has 0 heterocycles. The van der Waals surface area contributed by atoms with Crippen molar-refractivity contribution in [1.82, 2.24) is 4.90 Å². The number of hydrogen-bond donors (Lipinski definition) is 1. The second-order valence-corrected chi connectivity index (χ2v) is 5.45. The summed E-state index contributed by atoms with van der Waals surface area (Å²) in [5, 5.41) is 0. The number of hydrogen-bond acceptors (Lipinski definition) is 3. The molecule has 1 aliphatic rings.